The van der Waals surface area contributed by atoms with Crippen molar-refractivity contribution in [3.63, 3.8) is 0 Å². The Morgan fingerprint density at radius 1 is 0.594 bits per heavy atom. The molecule has 2 aliphatic carbocycles. The summed E-state index contributed by atoms with van der Waals surface area (Å²) in [4.78, 5) is 5.91. The van der Waals surface area contributed by atoms with Crippen molar-refractivity contribution in [2.75, 3.05) is 9.80 Å². The van der Waals surface area contributed by atoms with Crippen LogP contribution >= 0.6 is 0 Å². The first-order valence-electron chi connectivity index (χ1n) is 26.8. The number of benzene rings is 6. The van der Waals surface area contributed by atoms with Gasteiger partial charge in [-0.25, -0.2) is 0 Å². The van der Waals surface area contributed by atoms with Crippen LogP contribution < -0.4 is 31.4 Å². The van der Waals surface area contributed by atoms with E-state index in [-0.39, 0.29) is 39.5 Å². The first-order valence-corrected chi connectivity index (χ1v) is 30.3. The van der Waals surface area contributed by atoms with E-state index in [9.17, 15) is 0 Å². The lowest BCUT2D eigenvalue weighted by molar-refractivity contribution is 0.194. The molecule has 7 aromatic rings. The van der Waals surface area contributed by atoms with Crippen molar-refractivity contribution in [2.24, 2.45) is 0 Å². The second-order valence-corrected chi connectivity index (χ2v) is 31.9. The molecule has 13 rings (SSSR count). The van der Waals surface area contributed by atoms with Crippen LogP contribution in [0.2, 0.25) is 19.6 Å². The van der Waals surface area contributed by atoms with E-state index in [4.69, 9.17) is 0 Å². The second kappa shape index (κ2) is 13.7. The molecule has 6 aliphatic rings. The fraction of sp³-hybridized carbons (Fsp3) is 0.438. The Hall–Kier alpha value is -5.00. The van der Waals surface area contributed by atoms with Crippen molar-refractivity contribution in [3.8, 4) is 5.69 Å². The van der Waals surface area contributed by atoms with Crippen LogP contribution in [0, 0.1) is 13.8 Å². The van der Waals surface area contributed by atoms with Gasteiger partial charge in [0.15, 0.2) is 0 Å². The van der Waals surface area contributed by atoms with Crippen LogP contribution in [0.5, 0.6) is 0 Å². The van der Waals surface area contributed by atoms with E-state index >= 15 is 0 Å². The number of anilines is 4. The van der Waals surface area contributed by atoms with Gasteiger partial charge in [0, 0.05) is 55.6 Å². The smallest absolute Gasteiger partial charge is 0.252 e. The van der Waals surface area contributed by atoms with Gasteiger partial charge < -0.3 is 14.4 Å². The maximum Gasteiger partial charge on any atom is 0.252 e. The molecule has 0 amide bonds. The molecule has 4 atom stereocenters. The quantitative estimate of drug-likeness (QED) is 0.164. The molecule has 352 valence electrons. The van der Waals surface area contributed by atoms with E-state index in [1.165, 1.54) is 128 Å². The number of rotatable bonds is 3. The highest BCUT2D eigenvalue weighted by molar-refractivity contribution is 7.01. The van der Waals surface area contributed by atoms with Crippen molar-refractivity contribution in [2.45, 2.75) is 180 Å². The van der Waals surface area contributed by atoms with Crippen LogP contribution in [0.3, 0.4) is 0 Å². The molecule has 5 heteroatoms. The minimum absolute atomic E-state index is 0.0270. The molecule has 4 unspecified atom stereocenters. The molecule has 69 heavy (non-hydrogen) atoms. The summed E-state index contributed by atoms with van der Waals surface area (Å²) in [6, 6.07) is 40.6. The van der Waals surface area contributed by atoms with Gasteiger partial charge in [0.25, 0.3) is 6.71 Å². The van der Waals surface area contributed by atoms with Gasteiger partial charge in [0.1, 0.15) is 0 Å². The Labute approximate surface area is 414 Å². The Morgan fingerprint density at radius 2 is 1.26 bits per heavy atom. The molecule has 6 aromatic carbocycles. The zero-order valence-electron chi connectivity index (χ0n) is 44.3. The average Bonchev–Trinajstić information content (AvgIpc) is 3.82. The van der Waals surface area contributed by atoms with Crippen LogP contribution in [0.15, 0.2) is 97.1 Å². The predicted octanol–water partition coefficient (Wildman–Crippen LogP) is 14.2. The largest absolute Gasteiger partial charge is 0.335 e. The molecule has 0 saturated heterocycles. The highest BCUT2D eigenvalue weighted by Crippen LogP contribution is 2.66. The Bertz CT molecular complexity index is 3390. The first kappa shape index (κ1) is 44.0. The summed E-state index contributed by atoms with van der Waals surface area (Å²) in [6.45, 7) is 34.9. The van der Waals surface area contributed by atoms with Crippen molar-refractivity contribution < 1.29 is 0 Å². The number of nitrogens with zero attached hydrogens (tertiary/aromatic N) is 3. The van der Waals surface area contributed by atoms with Gasteiger partial charge in [-0.05, 0) is 156 Å². The van der Waals surface area contributed by atoms with E-state index in [0.29, 0.717) is 0 Å². The number of hydrogen-bond acceptors (Lipinski definition) is 2. The Kier molecular flexibility index (Phi) is 8.73. The SMILES string of the molecule is Cc1cc(C)c2c(c1)N(c1cc3c4c(c1)-n1c5ccc(C(C)(C)C)cc5c5cc(C(C)(C)C)cc(c51)B4c1cc([Si](C)(C)C)cc4c1N3C1(C)CCCCC41c1ccccc1)C1(C)CCCCC21C. The summed E-state index contributed by atoms with van der Waals surface area (Å²) in [6.07, 6.45) is 9.75. The summed E-state index contributed by atoms with van der Waals surface area (Å²) in [5.41, 5.74) is 24.4. The van der Waals surface area contributed by atoms with Gasteiger partial charge in [-0.1, -0.05) is 160 Å². The highest BCUT2D eigenvalue weighted by Gasteiger charge is 2.65. The second-order valence-electron chi connectivity index (χ2n) is 26.8. The maximum atomic E-state index is 3.01. The fourth-order valence-corrected chi connectivity index (χ4v) is 17.3. The molecule has 0 spiro atoms. The highest BCUT2D eigenvalue weighted by atomic mass is 28.3. The third-order valence-corrected chi connectivity index (χ3v) is 21.8. The van der Waals surface area contributed by atoms with E-state index in [1.807, 2.05) is 0 Å². The zero-order chi connectivity index (χ0) is 48.3. The average molecular weight is 924 g/mol. The van der Waals surface area contributed by atoms with E-state index in [1.54, 1.807) is 21.8 Å². The minimum Gasteiger partial charge on any atom is -0.335 e. The Morgan fingerprint density at radius 3 is 1.97 bits per heavy atom. The van der Waals surface area contributed by atoms with Crippen molar-refractivity contribution in [3.05, 3.63) is 136 Å². The number of fused-ring (bicyclic) bond motifs is 13. The third kappa shape index (κ3) is 5.42. The monoisotopic (exact) mass is 924 g/mol. The van der Waals surface area contributed by atoms with E-state index < -0.39 is 8.07 Å². The molecule has 5 heterocycles. The summed E-state index contributed by atoms with van der Waals surface area (Å²) in [5, 5.41) is 4.38. The lowest BCUT2D eigenvalue weighted by atomic mass is 9.33. The number of hydrogen-bond donors (Lipinski definition) is 0. The van der Waals surface area contributed by atoms with E-state index in [2.05, 4.69) is 207 Å². The van der Waals surface area contributed by atoms with Gasteiger partial charge in [-0.2, -0.15) is 0 Å². The van der Waals surface area contributed by atoms with E-state index in [0.717, 1.165) is 12.8 Å². The van der Waals surface area contributed by atoms with Gasteiger partial charge >= 0.3 is 0 Å². The molecule has 0 bridgehead atoms. The van der Waals surface area contributed by atoms with Gasteiger partial charge in [0.2, 0.25) is 0 Å². The van der Waals surface area contributed by atoms with Crippen LogP contribution in [-0.4, -0.2) is 30.4 Å². The molecular weight excluding hydrogens is 850 g/mol. The fourth-order valence-electron chi connectivity index (χ4n) is 16.1. The lowest BCUT2D eigenvalue weighted by Crippen LogP contribution is -2.65. The van der Waals surface area contributed by atoms with Crippen LogP contribution in [0.25, 0.3) is 27.5 Å². The topological polar surface area (TPSA) is 11.4 Å². The number of aromatic nitrogens is 1. The maximum absolute atomic E-state index is 3.01. The van der Waals surface area contributed by atoms with Crippen molar-refractivity contribution in [1.29, 1.82) is 0 Å². The summed E-state index contributed by atoms with van der Waals surface area (Å²) in [7, 11) is -1.82. The van der Waals surface area contributed by atoms with Gasteiger partial charge in [-0.15, -0.1) is 0 Å². The first-order chi connectivity index (χ1) is 32.5. The predicted molar refractivity (Wildman–Crippen MR) is 301 cm³/mol. The summed E-state index contributed by atoms with van der Waals surface area (Å²) < 4.78 is 2.77. The van der Waals surface area contributed by atoms with Crippen LogP contribution in [-0.2, 0) is 21.7 Å². The molecule has 2 saturated carbocycles. The van der Waals surface area contributed by atoms with Gasteiger partial charge in [0.05, 0.1) is 24.7 Å². The summed E-state index contributed by atoms with van der Waals surface area (Å²) in [5.74, 6) is 0. The summed E-state index contributed by atoms with van der Waals surface area (Å²) >= 11 is 0. The molecule has 0 N–H and O–H groups in total. The molecule has 0 radical (unpaired) electrons. The Balaban J connectivity index is 1.23. The lowest BCUT2D eigenvalue weighted by Gasteiger charge is -2.54. The molecule has 4 aliphatic heterocycles. The standard InChI is InChI=1S/C64H74BN3Si/c1-39-30-40(2)55-52(31-39)67(62(10)27-19-18-26-61(55,62)9)44-35-53-56-54(36-44)68-58-48(64(41-22-16-15-17-23-41)29-21-20-28-63(64,68)11)37-45(69(12,13)14)38-50(58)65(56)49-34-43(60(6,7)8)33-47-46-32-42(59(3,4)5)24-25-51(46)66(53)57(47)49/h15-17,22-25,30-38H,18-21,26-29H2,1-14H3. The molecule has 2 fully saturated rings. The minimum atomic E-state index is -1.82. The van der Waals surface area contributed by atoms with Crippen molar-refractivity contribution >= 4 is 80.9 Å². The zero-order valence-corrected chi connectivity index (χ0v) is 45.3. The third-order valence-electron chi connectivity index (χ3n) is 19.8. The van der Waals surface area contributed by atoms with Gasteiger partial charge in [-0.3, -0.25) is 0 Å². The molecule has 1 aromatic heterocycles. The molecule has 3 nitrogen and oxygen atoms in total. The van der Waals surface area contributed by atoms with Crippen molar-refractivity contribution in [1.82, 2.24) is 4.57 Å². The van der Waals surface area contributed by atoms with Crippen LogP contribution in [0.1, 0.15) is 153 Å². The normalized spacial score (nSPS) is 25.5. The molecular formula is C64H74BN3Si. The van der Waals surface area contributed by atoms with Crippen LogP contribution in [0.4, 0.5) is 22.7 Å². The number of aryl methyl sites for hydroxylation is 2.